The molecule has 3 aromatic rings. The Hall–Kier alpha value is -3.08. The van der Waals surface area contributed by atoms with Gasteiger partial charge in [0.05, 0.1) is 5.56 Å². The highest BCUT2D eigenvalue weighted by Gasteiger charge is 2.28. The van der Waals surface area contributed by atoms with E-state index in [1.54, 1.807) is 0 Å². The first-order valence-electron chi connectivity index (χ1n) is 8.75. The lowest BCUT2D eigenvalue weighted by Crippen LogP contribution is -2.39. The van der Waals surface area contributed by atoms with Gasteiger partial charge in [0.25, 0.3) is 0 Å². The number of fused-ring (bicyclic) bond motifs is 6. The van der Waals surface area contributed by atoms with Crippen molar-refractivity contribution < 1.29 is 41.0 Å². The van der Waals surface area contributed by atoms with Gasteiger partial charge in [-0.1, -0.05) is 0 Å². The van der Waals surface area contributed by atoms with Gasteiger partial charge in [-0.15, -0.1) is 0 Å². The number of benzene rings is 2. The van der Waals surface area contributed by atoms with Gasteiger partial charge in [0.1, 0.15) is 0 Å². The molecule has 3 aliphatic heterocycles. The van der Waals surface area contributed by atoms with E-state index in [4.69, 9.17) is 36.5 Å². The SMILES string of the molecule is O=S(=O)(O)O.c1c2c(cc3c1OCO3)-c1cc3cc4c(cc3c[n+]1CC2)OCO4. The van der Waals surface area contributed by atoms with E-state index in [1.807, 2.05) is 0 Å². The molecule has 10 heteroatoms. The lowest BCUT2D eigenvalue weighted by Gasteiger charge is -2.16. The van der Waals surface area contributed by atoms with Crippen molar-refractivity contribution in [1.82, 2.24) is 0 Å². The Bertz CT molecular complexity index is 1250. The highest BCUT2D eigenvalue weighted by Crippen LogP contribution is 2.41. The fourth-order valence-electron chi connectivity index (χ4n) is 3.77. The monoisotopic (exact) mass is 418 g/mol. The zero-order chi connectivity index (χ0) is 20.2. The number of ether oxygens (including phenoxy) is 4. The largest absolute Gasteiger partial charge is 0.454 e. The molecule has 4 heterocycles. The summed E-state index contributed by atoms with van der Waals surface area (Å²) in [5.74, 6) is 3.32. The Morgan fingerprint density at radius 1 is 0.793 bits per heavy atom. The molecule has 0 saturated heterocycles. The number of rotatable bonds is 0. The van der Waals surface area contributed by atoms with Gasteiger partial charge in [-0.2, -0.15) is 13.0 Å². The zero-order valence-corrected chi connectivity index (χ0v) is 15.8. The second-order valence-electron chi connectivity index (χ2n) is 6.75. The third-order valence-corrected chi connectivity index (χ3v) is 4.97. The summed E-state index contributed by atoms with van der Waals surface area (Å²) in [6.07, 6.45) is 3.18. The third kappa shape index (κ3) is 3.41. The van der Waals surface area contributed by atoms with E-state index in [2.05, 4.69) is 41.1 Å². The van der Waals surface area contributed by atoms with Crippen LogP contribution in [0.15, 0.2) is 36.5 Å². The van der Waals surface area contributed by atoms with Crippen molar-refractivity contribution in [1.29, 1.82) is 0 Å². The van der Waals surface area contributed by atoms with E-state index < -0.39 is 10.4 Å². The maximum atomic E-state index is 8.74. The van der Waals surface area contributed by atoms with E-state index in [9.17, 15) is 0 Å². The molecule has 0 fully saturated rings. The Kier molecular flexibility index (Phi) is 4.02. The standard InChI is InChI=1S/C19H14NO4.H2O4S/c1-2-20-8-13-6-18-17(22-9-23-18)5-12(13)3-15(20)14-7-19-16(4-11(1)14)21-10-24-19;1-5(2,3)4/h3-8H,1-2,9-10H2;(H2,1,2,3,4)/q+1;. The summed E-state index contributed by atoms with van der Waals surface area (Å²) in [5, 5.41) is 2.31. The van der Waals surface area contributed by atoms with Gasteiger partial charge < -0.3 is 18.9 Å². The molecule has 6 rings (SSSR count). The van der Waals surface area contributed by atoms with Crippen LogP contribution in [0.5, 0.6) is 23.0 Å². The Morgan fingerprint density at radius 3 is 2.00 bits per heavy atom. The molecule has 0 atom stereocenters. The second kappa shape index (κ2) is 6.48. The van der Waals surface area contributed by atoms with Gasteiger partial charge >= 0.3 is 10.4 Å². The molecule has 2 N–H and O–H groups in total. The first kappa shape index (κ1) is 18.0. The van der Waals surface area contributed by atoms with Gasteiger partial charge in [0.2, 0.25) is 19.3 Å². The van der Waals surface area contributed by atoms with Crippen LogP contribution in [0.1, 0.15) is 5.56 Å². The molecule has 0 unspecified atom stereocenters. The summed E-state index contributed by atoms with van der Waals surface area (Å²) >= 11 is 0. The minimum absolute atomic E-state index is 0.296. The van der Waals surface area contributed by atoms with Crippen LogP contribution in [0.2, 0.25) is 0 Å². The van der Waals surface area contributed by atoms with Crippen LogP contribution < -0.4 is 23.5 Å². The number of nitrogens with zero attached hydrogens (tertiary/aromatic N) is 1. The molecule has 0 radical (unpaired) electrons. The molecule has 29 heavy (non-hydrogen) atoms. The molecule has 3 aliphatic rings. The van der Waals surface area contributed by atoms with Crippen LogP contribution in [-0.4, -0.2) is 31.1 Å². The first-order valence-corrected chi connectivity index (χ1v) is 10.1. The Labute approximate surface area is 165 Å². The van der Waals surface area contributed by atoms with Crippen LogP contribution in [-0.2, 0) is 23.4 Å². The van der Waals surface area contributed by atoms with Crippen LogP contribution >= 0.6 is 0 Å². The van der Waals surface area contributed by atoms with E-state index >= 15 is 0 Å². The average molecular weight is 418 g/mol. The number of hydrogen-bond donors (Lipinski definition) is 2. The second-order valence-corrected chi connectivity index (χ2v) is 7.64. The van der Waals surface area contributed by atoms with Crippen LogP contribution in [0.4, 0.5) is 0 Å². The van der Waals surface area contributed by atoms with Crippen LogP contribution in [0.25, 0.3) is 22.0 Å². The van der Waals surface area contributed by atoms with Crippen molar-refractivity contribution in [2.45, 2.75) is 13.0 Å². The van der Waals surface area contributed by atoms with Crippen molar-refractivity contribution >= 4 is 21.2 Å². The van der Waals surface area contributed by atoms with Gasteiger partial charge in [-0.3, -0.25) is 9.11 Å². The highest BCUT2D eigenvalue weighted by molar-refractivity contribution is 7.79. The quantitative estimate of drug-likeness (QED) is 0.422. The summed E-state index contributed by atoms with van der Waals surface area (Å²) in [6.45, 7) is 1.55. The summed E-state index contributed by atoms with van der Waals surface area (Å²) in [5.41, 5.74) is 3.71. The molecular formula is C19H16NO8S+. The minimum Gasteiger partial charge on any atom is -0.454 e. The molecule has 0 bridgehead atoms. The Morgan fingerprint density at radius 2 is 1.34 bits per heavy atom. The van der Waals surface area contributed by atoms with E-state index in [-0.39, 0.29) is 0 Å². The van der Waals surface area contributed by atoms with Gasteiger partial charge in [-0.25, -0.2) is 0 Å². The van der Waals surface area contributed by atoms with Crippen molar-refractivity contribution in [2.24, 2.45) is 0 Å². The van der Waals surface area contributed by atoms with Gasteiger partial charge in [-0.05, 0) is 35.2 Å². The summed E-state index contributed by atoms with van der Waals surface area (Å²) in [6, 6.07) is 10.5. The maximum absolute atomic E-state index is 8.74. The first-order chi connectivity index (χ1) is 13.8. The third-order valence-electron chi connectivity index (χ3n) is 4.97. The molecular weight excluding hydrogens is 402 g/mol. The molecule has 1 aromatic heterocycles. The highest BCUT2D eigenvalue weighted by atomic mass is 32.3. The average Bonchev–Trinajstić information content (AvgIpc) is 3.29. The number of aryl methyl sites for hydroxylation is 2. The van der Waals surface area contributed by atoms with Crippen molar-refractivity contribution in [2.75, 3.05) is 13.6 Å². The summed E-state index contributed by atoms with van der Waals surface area (Å²) in [4.78, 5) is 0. The maximum Gasteiger partial charge on any atom is 0.394 e. The van der Waals surface area contributed by atoms with Crippen molar-refractivity contribution in [3.63, 3.8) is 0 Å². The number of hydrogen-bond acceptors (Lipinski definition) is 6. The molecule has 0 aliphatic carbocycles. The summed E-state index contributed by atoms with van der Waals surface area (Å²) in [7, 11) is -4.67. The minimum atomic E-state index is -4.67. The van der Waals surface area contributed by atoms with E-state index in [0.717, 1.165) is 46.7 Å². The van der Waals surface area contributed by atoms with E-state index in [1.165, 1.54) is 16.8 Å². The number of aromatic nitrogens is 1. The fraction of sp³-hybridized carbons (Fsp3) is 0.211. The van der Waals surface area contributed by atoms with Crippen LogP contribution in [0, 0.1) is 0 Å². The molecule has 2 aromatic carbocycles. The molecule has 0 amide bonds. The lowest BCUT2D eigenvalue weighted by molar-refractivity contribution is -0.686. The molecule has 9 nitrogen and oxygen atoms in total. The lowest BCUT2D eigenvalue weighted by atomic mass is 9.95. The summed E-state index contributed by atoms with van der Waals surface area (Å²) < 4.78 is 56.0. The van der Waals surface area contributed by atoms with Gasteiger partial charge in [0.15, 0.2) is 35.7 Å². The predicted molar refractivity (Wildman–Crippen MR) is 99.7 cm³/mol. The van der Waals surface area contributed by atoms with Gasteiger partial charge in [0, 0.05) is 17.9 Å². The predicted octanol–water partition coefficient (Wildman–Crippen LogP) is 2.15. The molecule has 0 spiro atoms. The van der Waals surface area contributed by atoms with E-state index in [0.29, 0.717) is 13.6 Å². The molecule has 150 valence electrons. The number of pyridine rings is 1. The normalized spacial score (nSPS) is 15.4. The smallest absolute Gasteiger partial charge is 0.394 e. The van der Waals surface area contributed by atoms with Crippen molar-refractivity contribution in [3.05, 3.63) is 42.1 Å². The molecule has 0 saturated carbocycles. The van der Waals surface area contributed by atoms with Crippen LogP contribution in [0.3, 0.4) is 0 Å². The fourth-order valence-corrected chi connectivity index (χ4v) is 3.77. The zero-order valence-electron chi connectivity index (χ0n) is 15.0. The van der Waals surface area contributed by atoms with Crippen molar-refractivity contribution in [3.8, 4) is 34.3 Å². The topological polar surface area (TPSA) is 115 Å². The Balaban J connectivity index is 0.000000328.